The van der Waals surface area contributed by atoms with Gasteiger partial charge in [0, 0.05) is 0 Å². The van der Waals surface area contributed by atoms with Gasteiger partial charge in [0.25, 0.3) is 0 Å². The third-order valence-corrected chi connectivity index (χ3v) is 2.71. The van der Waals surface area contributed by atoms with Crippen molar-refractivity contribution in [1.29, 1.82) is 0 Å². The molecule has 2 nitrogen and oxygen atoms in total. The fraction of sp³-hybridized carbons (Fsp3) is 0.143. The first-order chi connectivity index (χ1) is 7.81. The van der Waals surface area contributed by atoms with Crippen LogP contribution in [0.2, 0.25) is 0 Å². The molecule has 2 aromatic carbocycles. The van der Waals surface area contributed by atoms with Gasteiger partial charge in [-0.25, -0.2) is 5.43 Å². The highest BCUT2D eigenvalue weighted by Crippen LogP contribution is 2.21. The Morgan fingerprint density at radius 3 is 2.00 bits per heavy atom. The first kappa shape index (κ1) is 10.9. The average Bonchev–Trinajstić information content (AvgIpc) is 2.34. The molecule has 82 valence electrons. The first-order valence-electron chi connectivity index (χ1n) is 5.39. The Hall–Kier alpha value is -1.64. The van der Waals surface area contributed by atoms with Crippen molar-refractivity contribution in [2.24, 2.45) is 5.84 Å². The number of nitrogens with two attached hydrogens (primary N) is 1. The molecular formula is C14H16N2. The molecule has 0 spiro atoms. The molecule has 16 heavy (non-hydrogen) atoms. The summed E-state index contributed by atoms with van der Waals surface area (Å²) < 4.78 is 0. The van der Waals surface area contributed by atoms with Crippen molar-refractivity contribution in [2.75, 3.05) is 0 Å². The molecule has 0 aromatic heterocycles. The molecule has 0 aliphatic heterocycles. The lowest BCUT2D eigenvalue weighted by Crippen LogP contribution is -2.28. The number of hydrogen-bond donors (Lipinski definition) is 2. The number of nitrogens with one attached hydrogen (secondary N) is 1. The van der Waals surface area contributed by atoms with Crippen LogP contribution in [-0.4, -0.2) is 0 Å². The Labute approximate surface area is 96.1 Å². The summed E-state index contributed by atoms with van der Waals surface area (Å²) in [6.45, 7) is 2.08. The maximum absolute atomic E-state index is 5.62. The van der Waals surface area contributed by atoms with Gasteiger partial charge in [0.05, 0.1) is 6.04 Å². The number of hydrogen-bond acceptors (Lipinski definition) is 2. The molecule has 0 bridgehead atoms. The van der Waals surface area contributed by atoms with Gasteiger partial charge in [-0.2, -0.15) is 0 Å². The third kappa shape index (κ3) is 2.30. The molecule has 2 aromatic rings. The van der Waals surface area contributed by atoms with Gasteiger partial charge in [0.15, 0.2) is 0 Å². The second-order valence-electron chi connectivity index (χ2n) is 3.92. The molecule has 3 N–H and O–H groups in total. The Morgan fingerprint density at radius 2 is 1.44 bits per heavy atom. The van der Waals surface area contributed by atoms with Crippen molar-refractivity contribution >= 4 is 0 Å². The summed E-state index contributed by atoms with van der Waals surface area (Å²) >= 11 is 0. The minimum Gasteiger partial charge on any atom is -0.271 e. The van der Waals surface area contributed by atoms with Crippen LogP contribution in [-0.2, 0) is 0 Å². The molecule has 0 fully saturated rings. The maximum atomic E-state index is 5.62. The van der Waals surface area contributed by atoms with Gasteiger partial charge in [0.1, 0.15) is 0 Å². The summed E-state index contributed by atoms with van der Waals surface area (Å²) in [7, 11) is 0. The topological polar surface area (TPSA) is 38.0 Å². The van der Waals surface area contributed by atoms with Crippen molar-refractivity contribution in [3.8, 4) is 0 Å². The molecule has 0 amide bonds. The first-order valence-corrected chi connectivity index (χ1v) is 5.39. The van der Waals surface area contributed by atoms with E-state index in [2.05, 4.69) is 48.7 Å². The third-order valence-electron chi connectivity index (χ3n) is 2.71. The smallest absolute Gasteiger partial charge is 0.0710 e. The lowest BCUT2D eigenvalue weighted by atomic mass is 9.98. The molecule has 0 aliphatic carbocycles. The number of hydrazine groups is 1. The minimum absolute atomic E-state index is 0.0572. The normalized spacial score (nSPS) is 12.4. The van der Waals surface area contributed by atoms with E-state index in [9.17, 15) is 0 Å². The van der Waals surface area contributed by atoms with Gasteiger partial charge < -0.3 is 0 Å². The van der Waals surface area contributed by atoms with E-state index in [0.717, 1.165) is 0 Å². The molecule has 0 aliphatic rings. The highest BCUT2D eigenvalue weighted by Gasteiger charge is 2.10. The summed E-state index contributed by atoms with van der Waals surface area (Å²) in [4.78, 5) is 0. The molecule has 0 radical (unpaired) electrons. The Bertz CT molecular complexity index is 434. The number of aryl methyl sites for hydroxylation is 1. The standard InChI is InChI=1S/C14H16N2/c1-11-7-9-13(10-8-11)14(16-15)12-5-3-2-4-6-12/h2-10,14,16H,15H2,1H3/t14-/m1/s1. The van der Waals surface area contributed by atoms with E-state index < -0.39 is 0 Å². The molecule has 0 heterocycles. The summed E-state index contributed by atoms with van der Waals surface area (Å²) in [5, 5.41) is 0. The van der Waals surface area contributed by atoms with Gasteiger partial charge in [-0.15, -0.1) is 0 Å². The van der Waals surface area contributed by atoms with E-state index in [1.165, 1.54) is 16.7 Å². The summed E-state index contributed by atoms with van der Waals surface area (Å²) in [6.07, 6.45) is 0. The fourth-order valence-electron chi connectivity index (χ4n) is 1.79. The summed E-state index contributed by atoms with van der Waals surface area (Å²) in [6, 6.07) is 18.7. The van der Waals surface area contributed by atoms with Crippen LogP contribution in [0.1, 0.15) is 22.7 Å². The van der Waals surface area contributed by atoms with Gasteiger partial charge in [0.2, 0.25) is 0 Å². The second kappa shape index (κ2) is 4.92. The molecule has 0 saturated carbocycles. The van der Waals surface area contributed by atoms with Crippen molar-refractivity contribution in [3.63, 3.8) is 0 Å². The van der Waals surface area contributed by atoms with Crippen molar-refractivity contribution in [3.05, 3.63) is 71.3 Å². The minimum atomic E-state index is 0.0572. The van der Waals surface area contributed by atoms with E-state index in [1.807, 2.05) is 18.2 Å². The molecule has 1 atom stereocenters. The van der Waals surface area contributed by atoms with Crippen LogP contribution in [0, 0.1) is 6.92 Å². The van der Waals surface area contributed by atoms with Crippen LogP contribution < -0.4 is 11.3 Å². The zero-order valence-corrected chi connectivity index (χ0v) is 9.35. The van der Waals surface area contributed by atoms with Crippen molar-refractivity contribution in [2.45, 2.75) is 13.0 Å². The van der Waals surface area contributed by atoms with E-state index in [1.54, 1.807) is 0 Å². The summed E-state index contributed by atoms with van der Waals surface area (Å²) in [5.41, 5.74) is 6.47. The lowest BCUT2D eigenvalue weighted by molar-refractivity contribution is 0.637. The van der Waals surface area contributed by atoms with E-state index in [0.29, 0.717) is 0 Å². The largest absolute Gasteiger partial charge is 0.271 e. The van der Waals surface area contributed by atoms with Crippen LogP contribution in [0.4, 0.5) is 0 Å². The van der Waals surface area contributed by atoms with Crippen LogP contribution in [0.25, 0.3) is 0 Å². The monoisotopic (exact) mass is 212 g/mol. The van der Waals surface area contributed by atoms with E-state index >= 15 is 0 Å². The lowest BCUT2D eigenvalue weighted by Gasteiger charge is -2.16. The second-order valence-corrected chi connectivity index (χ2v) is 3.92. The zero-order chi connectivity index (χ0) is 11.4. The maximum Gasteiger partial charge on any atom is 0.0710 e. The predicted molar refractivity (Wildman–Crippen MR) is 66.8 cm³/mol. The number of rotatable bonds is 3. The molecule has 0 unspecified atom stereocenters. The van der Waals surface area contributed by atoms with Gasteiger partial charge in [-0.1, -0.05) is 60.2 Å². The number of benzene rings is 2. The highest BCUT2D eigenvalue weighted by atomic mass is 15.2. The quantitative estimate of drug-likeness (QED) is 0.606. The Balaban J connectivity index is 2.33. The van der Waals surface area contributed by atoms with E-state index in [4.69, 9.17) is 5.84 Å². The molecule has 2 heteroatoms. The van der Waals surface area contributed by atoms with Crippen LogP contribution in [0.5, 0.6) is 0 Å². The average molecular weight is 212 g/mol. The van der Waals surface area contributed by atoms with Crippen molar-refractivity contribution in [1.82, 2.24) is 5.43 Å². The van der Waals surface area contributed by atoms with Crippen LogP contribution >= 0.6 is 0 Å². The van der Waals surface area contributed by atoms with E-state index in [-0.39, 0.29) is 6.04 Å². The van der Waals surface area contributed by atoms with Gasteiger partial charge in [-0.3, -0.25) is 5.84 Å². The zero-order valence-electron chi connectivity index (χ0n) is 9.35. The predicted octanol–water partition coefficient (Wildman–Crippen LogP) is 2.55. The van der Waals surface area contributed by atoms with Crippen LogP contribution in [0.3, 0.4) is 0 Å². The Kier molecular flexibility index (Phi) is 3.34. The van der Waals surface area contributed by atoms with Gasteiger partial charge in [-0.05, 0) is 18.1 Å². The SMILES string of the molecule is Cc1ccc([C@H](NN)c2ccccc2)cc1. The molecule has 2 rings (SSSR count). The highest BCUT2D eigenvalue weighted by molar-refractivity contribution is 5.32. The summed E-state index contributed by atoms with van der Waals surface area (Å²) in [5.74, 6) is 5.62. The van der Waals surface area contributed by atoms with Crippen LogP contribution in [0.15, 0.2) is 54.6 Å². The molecular weight excluding hydrogens is 196 g/mol. The van der Waals surface area contributed by atoms with Crippen molar-refractivity contribution < 1.29 is 0 Å². The van der Waals surface area contributed by atoms with Gasteiger partial charge >= 0.3 is 0 Å². The molecule has 0 saturated heterocycles. The fourth-order valence-corrected chi connectivity index (χ4v) is 1.79. The Morgan fingerprint density at radius 1 is 0.875 bits per heavy atom.